The first kappa shape index (κ1) is 22.2. The van der Waals surface area contributed by atoms with Crippen LogP contribution in [0.1, 0.15) is 52.9 Å². The number of hydrogen-bond donors (Lipinski definition) is 1. The molecule has 144 valence electrons. The lowest BCUT2D eigenvalue weighted by Gasteiger charge is -2.34. The minimum atomic E-state index is -0.369. The van der Waals surface area contributed by atoms with Crippen LogP contribution in [0.2, 0.25) is 0 Å². The number of rotatable bonds is 8. The van der Waals surface area contributed by atoms with Crippen molar-refractivity contribution in [2.24, 2.45) is 5.92 Å². The highest BCUT2D eigenvalue weighted by molar-refractivity contribution is 8.13. The van der Waals surface area contributed by atoms with E-state index in [0.717, 1.165) is 38.8 Å². The average Bonchev–Trinajstić information content (AvgIpc) is 3.07. The number of thioether (sulfide) groups is 1. The predicted molar refractivity (Wildman–Crippen MR) is 110 cm³/mol. The van der Waals surface area contributed by atoms with Crippen molar-refractivity contribution < 1.29 is 9.59 Å². The van der Waals surface area contributed by atoms with Gasteiger partial charge in [-0.2, -0.15) is 0 Å². The number of hydrogen-bond acceptors (Lipinski definition) is 4. The summed E-state index contributed by atoms with van der Waals surface area (Å²) in [7, 11) is 1.76. The van der Waals surface area contributed by atoms with Crippen LogP contribution in [-0.4, -0.2) is 64.4 Å². The van der Waals surface area contributed by atoms with Crippen molar-refractivity contribution in [1.29, 1.82) is 0 Å². The summed E-state index contributed by atoms with van der Waals surface area (Å²) in [6.07, 6.45) is 6.38. The zero-order chi connectivity index (χ0) is 19.0. The van der Waals surface area contributed by atoms with E-state index in [-0.39, 0.29) is 23.1 Å². The van der Waals surface area contributed by atoms with Gasteiger partial charge in [0.05, 0.1) is 0 Å². The normalized spacial score (nSPS) is 18.3. The molecule has 1 amide bonds. The number of likely N-dealkylation sites (tertiary alicyclic amines) is 1. The molecule has 0 aromatic rings. The third kappa shape index (κ3) is 6.44. The smallest absolute Gasteiger partial charge is 0.245 e. The fraction of sp³-hybridized carbons (Fsp3) is 0.833. The largest absolute Gasteiger partial charge is 0.363 e. The van der Waals surface area contributed by atoms with Crippen molar-refractivity contribution in [3.63, 3.8) is 0 Å². The second-order valence-corrected chi connectivity index (χ2v) is 8.25. The Morgan fingerprint density at radius 2 is 2.08 bits per heavy atom. The predicted octanol–water partition coefficient (Wildman–Crippen LogP) is 2.89. The van der Waals surface area contributed by atoms with Gasteiger partial charge in [-0.15, -0.1) is 0 Å². The molecule has 0 saturated carbocycles. The number of nitrogens with one attached hydrogen (secondary N) is 1. The highest BCUT2D eigenvalue weighted by Gasteiger charge is 2.37. The number of amides is 1. The van der Waals surface area contributed by atoms with Gasteiger partial charge in [-0.1, -0.05) is 39.0 Å². The van der Waals surface area contributed by atoms with E-state index in [0.29, 0.717) is 17.5 Å². The van der Waals surface area contributed by atoms with Gasteiger partial charge in [0, 0.05) is 20.1 Å². The van der Waals surface area contributed by atoms with Gasteiger partial charge < -0.3 is 15.1 Å². The summed E-state index contributed by atoms with van der Waals surface area (Å²) in [5.41, 5.74) is 0. The molecular weight excluding hydrogens is 354 g/mol. The van der Waals surface area contributed by atoms with Gasteiger partial charge in [-0.3, -0.25) is 9.59 Å². The van der Waals surface area contributed by atoms with Crippen LogP contribution in [0.25, 0.3) is 0 Å². The SMILES string of the molecule is CCCCNC(=S)N1CCC[C@H]1C(=O)N(C)[C@H](CC(C)C)C(=O)SC. The number of carbonyl (C=O) groups excluding carboxylic acids is 2. The molecule has 0 spiro atoms. The molecule has 0 aliphatic carbocycles. The molecule has 1 rings (SSSR count). The van der Waals surface area contributed by atoms with E-state index in [4.69, 9.17) is 12.2 Å². The molecule has 0 unspecified atom stereocenters. The molecule has 0 bridgehead atoms. The van der Waals surface area contributed by atoms with Crippen LogP contribution in [0.5, 0.6) is 0 Å². The Morgan fingerprint density at radius 3 is 2.64 bits per heavy atom. The van der Waals surface area contributed by atoms with E-state index in [2.05, 4.69) is 26.1 Å². The van der Waals surface area contributed by atoms with Crippen LogP contribution in [0.15, 0.2) is 0 Å². The van der Waals surface area contributed by atoms with E-state index in [9.17, 15) is 9.59 Å². The quantitative estimate of drug-likeness (QED) is 0.510. The lowest BCUT2D eigenvalue weighted by Crippen LogP contribution is -2.53. The molecule has 7 heteroatoms. The van der Waals surface area contributed by atoms with Crippen molar-refractivity contribution in [3.05, 3.63) is 0 Å². The molecule has 2 atom stereocenters. The highest BCUT2D eigenvalue weighted by Crippen LogP contribution is 2.23. The van der Waals surface area contributed by atoms with Crippen LogP contribution >= 0.6 is 24.0 Å². The summed E-state index contributed by atoms with van der Waals surface area (Å²) >= 11 is 6.69. The lowest BCUT2D eigenvalue weighted by atomic mass is 10.0. The van der Waals surface area contributed by atoms with E-state index >= 15 is 0 Å². The van der Waals surface area contributed by atoms with E-state index in [1.807, 2.05) is 4.90 Å². The average molecular weight is 388 g/mol. The Bertz CT molecular complexity index is 471. The maximum Gasteiger partial charge on any atom is 0.245 e. The van der Waals surface area contributed by atoms with E-state index < -0.39 is 0 Å². The first-order valence-electron chi connectivity index (χ1n) is 9.22. The molecule has 1 aliphatic rings. The molecule has 5 nitrogen and oxygen atoms in total. The van der Waals surface area contributed by atoms with Crippen molar-refractivity contribution in [2.45, 2.75) is 65.0 Å². The van der Waals surface area contributed by atoms with Crippen molar-refractivity contribution in [3.8, 4) is 0 Å². The van der Waals surface area contributed by atoms with Crippen LogP contribution in [0.3, 0.4) is 0 Å². The number of thiocarbonyl (C=S) groups is 1. The van der Waals surface area contributed by atoms with Gasteiger partial charge in [-0.25, -0.2) is 0 Å². The Morgan fingerprint density at radius 1 is 1.40 bits per heavy atom. The maximum atomic E-state index is 13.1. The third-order valence-electron chi connectivity index (χ3n) is 4.59. The summed E-state index contributed by atoms with van der Waals surface area (Å²) in [6.45, 7) is 7.93. The summed E-state index contributed by atoms with van der Waals surface area (Å²) in [5.74, 6) is 0.359. The summed E-state index contributed by atoms with van der Waals surface area (Å²) in [6, 6.07) is -0.623. The molecule has 1 fully saturated rings. The Labute approximate surface area is 162 Å². The maximum absolute atomic E-state index is 13.1. The van der Waals surface area contributed by atoms with E-state index in [1.54, 1.807) is 18.2 Å². The van der Waals surface area contributed by atoms with Gasteiger partial charge in [-0.05, 0) is 50.1 Å². The Kier molecular flexibility index (Phi) is 9.79. The van der Waals surface area contributed by atoms with Crippen LogP contribution in [-0.2, 0) is 9.59 Å². The van der Waals surface area contributed by atoms with Crippen LogP contribution < -0.4 is 5.32 Å². The second kappa shape index (κ2) is 11.0. The summed E-state index contributed by atoms with van der Waals surface area (Å²) in [4.78, 5) is 29.0. The molecule has 1 N–H and O–H groups in total. The Hall–Kier alpha value is -0.820. The van der Waals surface area contributed by atoms with Gasteiger partial charge in [0.2, 0.25) is 11.0 Å². The topological polar surface area (TPSA) is 52.7 Å². The Balaban J connectivity index is 2.80. The molecule has 25 heavy (non-hydrogen) atoms. The van der Waals surface area contributed by atoms with Gasteiger partial charge in [0.1, 0.15) is 12.1 Å². The molecule has 1 heterocycles. The molecule has 0 aromatic heterocycles. The second-order valence-electron chi connectivity index (χ2n) is 7.05. The molecule has 0 aromatic carbocycles. The molecular formula is C18H33N3O2S2. The number of unbranched alkanes of at least 4 members (excludes halogenated alkanes) is 1. The van der Waals surface area contributed by atoms with Gasteiger partial charge >= 0.3 is 0 Å². The monoisotopic (exact) mass is 387 g/mol. The minimum Gasteiger partial charge on any atom is -0.363 e. The summed E-state index contributed by atoms with van der Waals surface area (Å²) < 4.78 is 0. The lowest BCUT2D eigenvalue weighted by molar-refractivity contribution is -0.139. The number of nitrogens with zero attached hydrogens (tertiary/aromatic N) is 2. The van der Waals surface area contributed by atoms with Crippen molar-refractivity contribution in [1.82, 2.24) is 15.1 Å². The zero-order valence-electron chi connectivity index (χ0n) is 16.2. The first-order valence-corrected chi connectivity index (χ1v) is 10.9. The molecule has 0 radical (unpaired) electrons. The zero-order valence-corrected chi connectivity index (χ0v) is 17.8. The summed E-state index contributed by atoms with van der Waals surface area (Å²) in [5, 5.41) is 3.98. The van der Waals surface area contributed by atoms with Crippen molar-refractivity contribution in [2.75, 3.05) is 26.4 Å². The van der Waals surface area contributed by atoms with Crippen LogP contribution in [0, 0.1) is 5.92 Å². The molecule has 1 saturated heterocycles. The van der Waals surface area contributed by atoms with Gasteiger partial charge in [0.25, 0.3) is 0 Å². The molecule has 1 aliphatic heterocycles. The number of carbonyl (C=O) groups is 2. The van der Waals surface area contributed by atoms with Gasteiger partial charge in [0.15, 0.2) is 5.11 Å². The standard InChI is InChI=1S/C18H33N3O2S2/c1-6-7-10-19-18(24)21-11-8-9-14(21)16(22)20(4)15(12-13(2)3)17(23)25-5/h13-15H,6-12H2,1-5H3,(H,19,24)/t14-,15+/m0/s1. The fourth-order valence-electron chi connectivity index (χ4n) is 3.12. The van der Waals surface area contributed by atoms with Crippen molar-refractivity contribution >= 4 is 40.1 Å². The third-order valence-corrected chi connectivity index (χ3v) is 5.64. The highest BCUT2D eigenvalue weighted by atomic mass is 32.2. The number of likely N-dealkylation sites (N-methyl/N-ethyl adjacent to an activating group) is 1. The first-order chi connectivity index (χ1) is 11.8. The van der Waals surface area contributed by atoms with Crippen LogP contribution in [0.4, 0.5) is 0 Å². The van der Waals surface area contributed by atoms with E-state index in [1.165, 1.54) is 11.8 Å². The minimum absolute atomic E-state index is 0.00481. The fourth-order valence-corrected chi connectivity index (χ4v) is 3.97.